The van der Waals surface area contributed by atoms with Crippen molar-refractivity contribution in [2.45, 2.75) is 12.4 Å². The van der Waals surface area contributed by atoms with Crippen LogP contribution in [0.25, 0.3) is 11.5 Å². The smallest absolute Gasteiger partial charge is 0.433 e. The third kappa shape index (κ3) is 4.30. The van der Waals surface area contributed by atoms with Gasteiger partial charge >= 0.3 is 12.4 Å². The molecular formula is C12H7F6N3O. The van der Waals surface area contributed by atoms with E-state index < -0.39 is 36.4 Å². The molecule has 2 aromatic heterocycles. The molecule has 0 radical (unpaired) electrons. The Bertz CT molecular complexity index is 642. The minimum absolute atomic E-state index is 0.0227. The summed E-state index contributed by atoms with van der Waals surface area (Å²) in [6.45, 7) is -1.76. The van der Waals surface area contributed by atoms with Gasteiger partial charge in [-0.05, 0) is 12.1 Å². The molecule has 0 amide bonds. The third-order valence-electron chi connectivity index (χ3n) is 2.27. The molecule has 2 aromatic rings. The van der Waals surface area contributed by atoms with Gasteiger partial charge in [0.15, 0.2) is 18.1 Å². The Labute approximate surface area is 119 Å². The van der Waals surface area contributed by atoms with Gasteiger partial charge in [-0.3, -0.25) is 4.98 Å². The first-order chi connectivity index (χ1) is 10.1. The van der Waals surface area contributed by atoms with Crippen molar-refractivity contribution in [1.29, 1.82) is 0 Å². The zero-order valence-corrected chi connectivity index (χ0v) is 10.6. The molecule has 0 N–H and O–H groups in total. The molecule has 0 aromatic carbocycles. The summed E-state index contributed by atoms with van der Waals surface area (Å²) in [5, 5.41) is 0. The van der Waals surface area contributed by atoms with Crippen LogP contribution in [0.2, 0.25) is 0 Å². The maximum absolute atomic E-state index is 12.7. The summed E-state index contributed by atoms with van der Waals surface area (Å²) in [6.07, 6.45) is -8.27. The lowest BCUT2D eigenvalue weighted by Crippen LogP contribution is -2.20. The van der Waals surface area contributed by atoms with Crippen LogP contribution < -0.4 is 4.74 Å². The molecule has 0 saturated carbocycles. The molecule has 0 bridgehead atoms. The van der Waals surface area contributed by atoms with Crippen molar-refractivity contribution in [3.8, 4) is 17.4 Å². The number of rotatable bonds is 3. The second kappa shape index (κ2) is 5.78. The fourth-order valence-corrected chi connectivity index (χ4v) is 1.41. The van der Waals surface area contributed by atoms with E-state index >= 15 is 0 Å². The highest BCUT2D eigenvalue weighted by molar-refractivity contribution is 5.49. The zero-order chi connectivity index (χ0) is 16.4. The second-order valence-electron chi connectivity index (χ2n) is 4.03. The number of ether oxygens (including phenoxy) is 1. The number of nitrogens with zero attached hydrogens (tertiary/aromatic N) is 3. The van der Waals surface area contributed by atoms with Gasteiger partial charge in [0.2, 0.25) is 5.88 Å². The SMILES string of the molecule is FC(F)(F)COc1cc(C(F)(F)F)nc(-c2ccccn2)n1. The van der Waals surface area contributed by atoms with E-state index in [9.17, 15) is 26.3 Å². The highest BCUT2D eigenvalue weighted by Gasteiger charge is 2.35. The minimum atomic E-state index is -4.86. The van der Waals surface area contributed by atoms with Crippen LogP contribution >= 0.6 is 0 Å². The van der Waals surface area contributed by atoms with E-state index in [0.717, 1.165) is 0 Å². The Kier molecular flexibility index (Phi) is 4.20. The van der Waals surface area contributed by atoms with E-state index in [4.69, 9.17) is 0 Å². The van der Waals surface area contributed by atoms with Gasteiger partial charge in [0, 0.05) is 12.3 Å². The first-order valence-electron chi connectivity index (χ1n) is 5.72. The predicted molar refractivity (Wildman–Crippen MR) is 61.8 cm³/mol. The highest BCUT2D eigenvalue weighted by atomic mass is 19.4. The van der Waals surface area contributed by atoms with Crippen LogP contribution in [0, 0.1) is 0 Å². The summed E-state index contributed by atoms with van der Waals surface area (Å²) >= 11 is 0. The fraction of sp³-hybridized carbons (Fsp3) is 0.250. The molecule has 118 valence electrons. The Balaban J connectivity index is 2.42. The molecule has 0 unspecified atom stereocenters. The van der Waals surface area contributed by atoms with Crippen molar-refractivity contribution < 1.29 is 31.1 Å². The predicted octanol–water partition coefficient (Wildman–Crippen LogP) is 3.50. The van der Waals surface area contributed by atoms with Gasteiger partial charge < -0.3 is 4.74 Å². The molecule has 2 heterocycles. The topological polar surface area (TPSA) is 47.9 Å². The van der Waals surface area contributed by atoms with Crippen molar-refractivity contribution in [3.05, 3.63) is 36.2 Å². The molecule has 4 nitrogen and oxygen atoms in total. The van der Waals surface area contributed by atoms with Crippen LogP contribution in [0.4, 0.5) is 26.3 Å². The van der Waals surface area contributed by atoms with Crippen LogP contribution in [0.3, 0.4) is 0 Å². The molecule has 0 atom stereocenters. The molecule has 2 rings (SSSR count). The molecule has 0 spiro atoms. The average Bonchev–Trinajstić information content (AvgIpc) is 2.44. The van der Waals surface area contributed by atoms with Crippen LogP contribution in [0.1, 0.15) is 5.69 Å². The van der Waals surface area contributed by atoms with Crippen molar-refractivity contribution >= 4 is 0 Å². The molecule has 0 aliphatic heterocycles. The van der Waals surface area contributed by atoms with Crippen molar-refractivity contribution in [2.24, 2.45) is 0 Å². The Morgan fingerprint density at radius 3 is 2.27 bits per heavy atom. The third-order valence-corrected chi connectivity index (χ3v) is 2.27. The summed E-state index contributed by atoms with van der Waals surface area (Å²) in [5.74, 6) is -1.31. The first kappa shape index (κ1) is 16.0. The van der Waals surface area contributed by atoms with Crippen molar-refractivity contribution in [2.75, 3.05) is 6.61 Å². The van der Waals surface area contributed by atoms with Crippen LogP contribution in [-0.4, -0.2) is 27.7 Å². The van der Waals surface area contributed by atoms with E-state index in [1.807, 2.05) is 0 Å². The second-order valence-corrected chi connectivity index (χ2v) is 4.03. The first-order valence-corrected chi connectivity index (χ1v) is 5.72. The Morgan fingerprint density at radius 1 is 1.00 bits per heavy atom. The number of pyridine rings is 1. The van der Waals surface area contributed by atoms with E-state index in [0.29, 0.717) is 6.07 Å². The summed E-state index contributed by atoms with van der Waals surface area (Å²) in [7, 11) is 0. The Morgan fingerprint density at radius 2 is 1.73 bits per heavy atom. The summed E-state index contributed by atoms with van der Waals surface area (Å²) in [5.41, 5.74) is -1.44. The van der Waals surface area contributed by atoms with Gasteiger partial charge in [-0.1, -0.05) is 6.07 Å². The van der Waals surface area contributed by atoms with Crippen LogP contribution in [0.5, 0.6) is 5.88 Å². The molecule has 0 aliphatic carbocycles. The lowest BCUT2D eigenvalue weighted by Gasteiger charge is -2.12. The molecule has 22 heavy (non-hydrogen) atoms. The van der Waals surface area contributed by atoms with Crippen LogP contribution in [0.15, 0.2) is 30.5 Å². The summed E-state index contributed by atoms with van der Waals surface area (Å²) < 4.78 is 78.8. The Hall–Kier alpha value is -2.39. The monoisotopic (exact) mass is 323 g/mol. The maximum Gasteiger partial charge on any atom is 0.433 e. The van der Waals surface area contributed by atoms with E-state index in [2.05, 4.69) is 19.7 Å². The fourth-order valence-electron chi connectivity index (χ4n) is 1.41. The number of hydrogen-bond acceptors (Lipinski definition) is 4. The van der Waals surface area contributed by atoms with Gasteiger partial charge in [-0.15, -0.1) is 0 Å². The zero-order valence-electron chi connectivity index (χ0n) is 10.6. The molecule has 0 aliphatic rings. The lowest BCUT2D eigenvalue weighted by atomic mass is 10.3. The van der Waals surface area contributed by atoms with Gasteiger partial charge in [-0.2, -0.15) is 31.3 Å². The molecular weight excluding hydrogens is 316 g/mol. The van der Waals surface area contributed by atoms with Crippen LogP contribution in [-0.2, 0) is 6.18 Å². The summed E-state index contributed by atoms with van der Waals surface area (Å²) in [4.78, 5) is 10.5. The van der Waals surface area contributed by atoms with Gasteiger partial charge in [-0.25, -0.2) is 4.98 Å². The van der Waals surface area contributed by atoms with Crippen molar-refractivity contribution in [3.63, 3.8) is 0 Å². The molecule has 0 saturated heterocycles. The van der Waals surface area contributed by atoms with Gasteiger partial charge in [0.05, 0.1) is 0 Å². The maximum atomic E-state index is 12.7. The van der Waals surface area contributed by atoms with E-state index in [1.165, 1.54) is 24.4 Å². The number of alkyl halides is 6. The highest BCUT2D eigenvalue weighted by Crippen LogP contribution is 2.31. The minimum Gasteiger partial charge on any atom is -0.468 e. The number of aromatic nitrogens is 3. The standard InChI is InChI=1S/C12H7F6N3O/c13-11(14,15)6-22-9-5-8(12(16,17)18)20-10(21-9)7-3-1-2-4-19-7/h1-5H,6H2. The average molecular weight is 323 g/mol. The molecule has 10 heteroatoms. The number of halogens is 6. The molecule has 0 fully saturated rings. The number of hydrogen-bond donors (Lipinski definition) is 0. The van der Waals surface area contributed by atoms with E-state index in [1.54, 1.807) is 0 Å². The quantitative estimate of drug-likeness (QED) is 0.811. The van der Waals surface area contributed by atoms with Gasteiger partial charge in [0.1, 0.15) is 5.69 Å². The van der Waals surface area contributed by atoms with Crippen molar-refractivity contribution in [1.82, 2.24) is 15.0 Å². The largest absolute Gasteiger partial charge is 0.468 e. The lowest BCUT2D eigenvalue weighted by molar-refractivity contribution is -0.154. The summed E-state index contributed by atoms with van der Waals surface area (Å²) in [6, 6.07) is 4.61. The van der Waals surface area contributed by atoms with E-state index in [-0.39, 0.29) is 5.69 Å². The normalized spacial score (nSPS) is 12.3. The van der Waals surface area contributed by atoms with Gasteiger partial charge in [0.25, 0.3) is 0 Å².